The topological polar surface area (TPSA) is 26.3 Å². The van der Waals surface area contributed by atoms with Crippen LogP contribution in [0.1, 0.15) is 15.9 Å². The first-order chi connectivity index (χ1) is 9.97. The summed E-state index contributed by atoms with van der Waals surface area (Å²) >= 11 is 9.29. The molecule has 0 fully saturated rings. The maximum Gasteiger partial charge on any atom is 0.272 e. The highest BCUT2D eigenvalue weighted by molar-refractivity contribution is 9.10. The number of ether oxygens (including phenoxy) is 1. The second-order valence-electron chi connectivity index (χ2n) is 4.18. The maximum absolute atomic E-state index is 12.3. The van der Waals surface area contributed by atoms with Gasteiger partial charge in [-0.25, -0.2) is 8.78 Å². The Kier molecular flexibility index (Phi) is 5.31. The Morgan fingerprint density at radius 3 is 2.48 bits per heavy atom. The largest absolute Gasteiger partial charge is 0.488 e. The van der Waals surface area contributed by atoms with E-state index in [-0.39, 0.29) is 11.5 Å². The van der Waals surface area contributed by atoms with Gasteiger partial charge in [0.2, 0.25) is 0 Å². The third-order valence-corrected chi connectivity index (χ3v) is 3.49. The highest BCUT2D eigenvalue weighted by Crippen LogP contribution is 2.24. The third kappa shape index (κ3) is 4.25. The van der Waals surface area contributed by atoms with E-state index in [1.165, 1.54) is 24.3 Å². The number of hydrogen-bond donors (Lipinski definition) is 0. The van der Waals surface area contributed by atoms with E-state index in [0.29, 0.717) is 16.1 Å². The number of halogens is 4. The number of benzene rings is 2. The van der Waals surface area contributed by atoms with Crippen LogP contribution >= 0.6 is 27.5 Å². The fourth-order valence-electron chi connectivity index (χ4n) is 1.69. The Balaban J connectivity index is 2.18. The maximum atomic E-state index is 12.3. The summed E-state index contributed by atoms with van der Waals surface area (Å²) in [5.74, 6) is 0.0360. The van der Waals surface area contributed by atoms with E-state index in [4.69, 9.17) is 16.3 Å². The zero-order valence-electron chi connectivity index (χ0n) is 10.7. The number of carbonyl (C=O) groups excluding carboxylic acids is 1. The molecule has 21 heavy (non-hydrogen) atoms. The summed E-state index contributed by atoms with van der Waals surface area (Å²) in [4.78, 5) is 12.3. The number of carbonyl (C=O) groups is 1. The van der Waals surface area contributed by atoms with Crippen molar-refractivity contribution < 1.29 is 18.3 Å². The third-order valence-electron chi connectivity index (χ3n) is 2.67. The Labute approximate surface area is 133 Å². The number of ketones is 1. The second-order valence-corrected chi connectivity index (χ2v) is 5.50. The zero-order valence-corrected chi connectivity index (χ0v) is 13.0. The lowest BCUT2D eigenvalue weighted by Crippen LogP contribution is -2.07. The molecule has 0 heterocycles. The summed E-state index contributed by atoms with van der Waals surface area (Å²) in [5.41, 5.74) is 0.770. The van der Waals surface area contributed by atoms with E-state index in [1.54, 1.807) is 18.2 Å². The molecule has 110 valence electrons. The molecule has 0 bridgehead atoms. The van der Waals surface area contributed by atoms with Crippen LogP contribution in [-0.4, -0.2) is 18.8 Å². The minimum Gasteiger partial charge on any atom is -0.488 e. The summed E-state index contributed by atoms with van der Waals surface area (Å²) in [5, 5.41) is 0.348. The minimum absolute atomic E-state index is 0.248. The van der Waals surface area contributed by atoms with E-state index >= 15 is 0 Å². The van der Waals surface area contributed by atoms with Crippen LogP contribution in [0.2, 0.25) is 5.02 Å². The lowest BCUT2D eigenvalue weighted by molar-refractivity contribution is 0.0818. The molecule has 0 atom stereocenters. The van der Waals surface area contributed by atoms with Crippen LogP contribution in [0.15, 0.2) is 46.9 Å². The van der Waals surface area contributed by atoms with Gasteiger partial charge in [0.05, 0.1) is 5.02 Å². The van der Waals surface area contributed by atoms with Crippen molar-refractivity contribution in [3.8, 4) is 5.75 Å². The van der Waals surface area contributed by atoms with Gasteiger partial charge in [-0.2, -0.15) is 0 Å². The van der Waals surface area contributed by atoms with E-state index in [0.717, 1.165) is 4.47 Å². The van der Waals surface area contributed by atoms with Gasteiger partial charge in [-0.3, -0.25) is 4.79 Å². The van der Waals surface area contributed by atoms with Crippen molar-refractivity contribution in [2.24, 2.45) is 0 Å². The molecule has 0 amide bonds. The molecule has 0 saturated carbocycles. The lowest BCUT2D eigenvalue weighted by Gasteiger charge is -2.07. The van der Waals surface area contributed by atoms with Crippen molar-refractivity contribution in [3.63, 3.8) is 0 Å². The van der Waals surface area contributed by atoms with Crippen molar-refractivity contribution in [1.82, 2.24) is 0 Å². The summed E-state index contributed by atoms with van der Waals surface area (Å²) in [6.07, 6.45) is -2.54. The van der Waals surface area contributed by atoms with Gasteiger partial charge in [0, 0.05) is 15.6 Å². The Morgan fingerprint density at radius 1 is 1.19 bits per heavy atom. The van der Waals surface area contributed by atoms with Crippen molar-refractivity contribution >= 4 is 33.3 Å². The Morgan fingerprint density at radius 2 is 1.86 bits per heavy atom. The van der Waals surface area contributed by atoms with Gasteiger partial charge < -0.3 is 4.74 Å². The first kappa shape index (κ1) is 15.9. The minimum atomic E-state index is -2.54. The average molecular weight is 376 g/mol. The molecule has 6 heteroatoms. The average Bonchev–Trinajstić information content (AvgIpc) is 2.47. The van der Waals surface area contributed by atoms with Crippen LogP contribution in [0.25, 0.3) is 0 Å². The van der Waals surface area contributed by atoms with Crippen molar-refractivity contribution in [2.45, 2.75) is 6.43 Å². The van der Waals surface area contributed by atoms with Crippen LogP contribution in [-0.2, 0) is 0 Å². The van der Waals surface area contributed by atoms with E-state index < -0.39 is 13.0 Å². The van der Waals surface area contributed by atoms with Gasteiger partial charge >= 0.3 is 0 Å². The normalized spacial score (nSPS) is 10.7. The SMILES string of the molecule is O=C(c1ccc(OCC(F)F)cc1)c1cc(Br)ccc1Cl. The number of alkyl halides is 2. The van der Waals surface area contributed by atoms with E-state index in [2.05, 4.69) is 15.9 Å². The van der Waals surface area contributed by atoms with E-state index in [1.807, 2.05) is 0 Å². The van der Waals surface area contributed by atoms with Gasteiger partial charge in [0.25, 0.3) is 6.43 Å². The van der Waals surface area contributed by atoms with Crippen LogP contribution in [0, 0.1) is 0 Å². The van der Waals surface area contributed by atoms with Crippen molar-refractivity contribution in [1.29, 1.82) is 0 Å². The molecular weight excluding hydrogens is 366 g/mol. The Hall–Kier alpha value is -1.46. The summed E-state index contributed by atoms with van der Waals surface area (Å²) in [6.45, 7) is -0.676. The number of hydrogen-bond acceptors (Lipinski definition) is 2. The molecule has 0 aliphatic rings. The first-order valence-corrected chi connectivity index (χ1v) is 7.15. The second kappa shape index (κ2) is 7.00. The van der Waals surface area contributed by atoms with Crippen LogP contribution in [0.3, 0.4) is 0 Å². The first-order valence-electron chi connectivity index (χ1n) is 5.98. The molecular formula is C15H10BrClF2O2. The molecule has 2 aromatic rings. The quantitative estimate of drug-likeness (QED) is 0.689. The molecule has 0 unspecified atom stereocenters. The predicted molar refractivity (Wildman–Crippen MR) is 80.5 cm³/mol. The fourth-order valence-corrected chi connectivity index (χ4v) is 2.25. The molecule has 2 aromatic carbocycles. The van der Waals surface area contributed by atoms with Crippen molar-refractivity contribution in [2.75, 3.05) is 6.61 Å². The smallest absolute Gasteiger partial charge is 0.272 e. The van der Waals surface area contributed by atoms with Gasteiger partial charge in [-0.1, -0.05) is 27.5 Å². The van der Waals surface area contributed by atoms with E-state index in [9.17, 15) is 13.6 Å². The molecule has 0 aliphatic heterocycles. The Bertz CT molecular complexity index is 645. The number of rotatable bonds is 5. The predicted octanol–water partition coefficient (Wildman–Crippen LogP) is 4.98. The molecule has 0 spiro atoms. The molecule has 0 radical (unpaired) electrons. The molecule has 0 N–H and O–H groups in total. The van der Waals surface area contributed by atoms with Crippen LogP contribution < -0.4 is 4.74 Å². The summed E-state index contributed by atoms with van der Waals surface area (Å²) in [7, 11) is 0. The zero-order chi connectivity index (χ0) is 15.4. The summed E-state index contributed by atoms with van der Waals surface area (Å²) < 4.78 is 29.7. The lowest BCUT2D eigenvalue weighted by atomic mass is 10.0. The molecule has 2 rings (SSSR count). The van der Waals surface area contributed by atoms with Crippen LogP contribution in [0.4, 0.5) is 8.78 Å². The van der Waals surface area contributed by atoms with Gasteiger partial charge in [0.1, 0.15) is 12.4 Å². The summed E-state index contributed by atoms with van der Waals surface area (Å²) in [6, 6.07) is 11.0. The monoisotopic (exact) mass is 374 g/mol. The van der Waals surface area contributed by atoms with Crippen LogP contribution in [0.5, 0.6) is 5.75 Å². The molecule has 0 aromatic heterocycles. The molecule has 2 nitrogen and oxygen atoms in total. The van der Waals surface area contributed by atoms with Crippen molar-refractivity contribution in [3.05, 3.63) is 63.1 Å². The molecule has 0 aliphatic carbocycles. The van der Waals surface area contributed by atoms with Gasteiger partial charge in [-0.05, 0) is 42.5 Å². The van der Waals surface area contributed by atoms with Gasteiger partial charge in [0.15, 0.2) is 5.78 Å². The van der Waals surface area contributed by atoms with Gasteiger partial charge in [-0.15, -0.1) is 0 Å². The fraction of sp³-hybridized carbons (Fsp3) is 0.133. The highest BCUT2D eigenvalue weighted by Gasteiger charge is 2.13. The highest BCUT2D eigenvalue weighted by atomic mass is 79.9. The molecule has 0 saturated heterocycles. The standard InChI is InChI=1S/C15H10BrClF2O2/c16-10-3-6-13(17)12(7-10)15(20)9-1-4-11(5-2-9)21-8-14(18)19/h1-7,14H,8H2.